The van der Waals surface area contributed by atoms with Crippen molar-refractivity contribution in [1.82, 2.24) is 4.90 Å². The molecule has 0 aromatic heterocycles. The van der Waals surface area contributed by atoms with Crippen molar-refractivity contribution >= 4 is 23.3 Å². The van der Waals surface area contributed by atoms with E-state index in [2.05, 4.69) is 11.8 Å². The minimum Gasteiger partial charge on any atom is -0.495 e. The number of unbranched alkanes of at least 4 members (excludes halogenated alkanes) is 1. The first-order valence-corrected chi connectivity index (χ1v) is 8.96. The molecule has 0 aliphatic carbocycles. The number of aromatic carboxylic acids is 1. The van der Waals surface area contributed by atoms with Gasteiger partial charge in [-0.15, -0.1) is 0 Å². The Morgan fingerprint density at radius 2 is 2.29 bits per heavy atom. The smallest absolute Gasteiger partial charge is 0.339 e. The first-order chi connectivity index (χ1) is 11.5. The number of carboxylic acids is 1. The molecule has 1 saturated heterocycles. The molecule has 2 rings (SSSR count). The molecule has 1 atom stereocenters. The number of anilines is 1. The van der Waals surface area contributed by atoms with Crippen LogP contribution < -0.4 is 10.5 Å². The number of nitrogens with zero attached hydrogens (tertiary/aromatic N) is 1. The van der Waals surface area contributed by atoms with E-state index in [-0.39, 0.29) is 10.6 Å². The summed E-state index contributed by atoms with van der Waals surface area (Å²) < 4.78 is 5.37. The molecule has 6 heteroatoms. The summed E-state index contributed by atoms with van der Waals surface area (Å²) >= 11 is 6.15. The van der Waals surface area contributed by atoms with E-state index in [1.54, 1.807) is 0 Å². The third kappa shape index (κ3) is 4.33. The van der Waals surface area contributed by atoms with Crippen LogP contribution in [0.3, 0.4) is 0 Å². The van der Waals surface area contributed by atoms with E-state index in [0.29, 0.717) is 23.8 Å². The Bertz CT molecular complexity index is 592. The second-order valence-electron chi connectivity index (χ2n) is 6.50. The van der Waals surface area contributed by atoms with E-state index in [4.69, 9.17) is 22.1 Å². The zero-order valence-electron chi connectivity index (χ0n) is 14.5. The zero-order chi connectivity index (χ0) is 17.7. The molecule has 24 heavy (non-hydrogen) atoms. The van der Waals surface area contributed by atoms with E-state index in [0.717, 1.165) is 38.0 Å². The van der Waals surface area contributed by atoms with Gasteiger partial charge < -0.3 is 20.5 Å². The third-order valence-electron chi connectivity index (χ3n) is 4.73. The largest absolute Gasteiger partial charge is 0.495 e. The first kappa shape index (κ1) is 18.9. The van der Waals surface area contributed by atoms with Gasteiger partial charge >= 0.3 is 5.97 Å². The third-order valence-corrected chi connectivity index (χ3v) is 5.04. The van der Waals surface area contributed by atoms with Gasteiger partial charge in [0, 0.05) is 12.1 Å². The maximum Gasteiger partial charge on any atom is 0.339 e. The molecule has 0 spiro atoms. The minimum atomic E-state index is -1.05. The summed E-state index contributed by atoms with van der Waals surface area (Å²) in [7, 11) is 1.48. The molecular formula is C18H27ClN2O3. The second-order valence-corrected chi connectivity index (χ2v) is 6.91. The fourth-order valence-corrected chi connectivity index (χ4v) is 3.71. The molecule has 1 unspecified atom stereocenters. The Morgan fingerprint density at radius 1 is 1.54 bits per heavy atom. The molecule has 3 N–H and O–H groups in total. The van der Waals surface area contributed by atoms with Crippen molar-refractivity contribution in [2.45, 2.75) is 39.0 Å². The number of hydrogen-bond acceptors (Lipinski definition) is 4. The summed E-state index contributed by atoms with van der Waals surface area (Å²) in [4.78, 5) is 14.0. The number of rotatable bonds is 7. The number of methoxy groups -OCH3 is 1. The van der Waals surface area contributed by atoms with E-state index in [1.807, 2.05) is 0 Å². The Morgan fingerprint density at radius 3 is 2.92 bits per heavy atom. The van der Waals surface area contributed by atoms with Crippen LogP contribution >= 0.6 is 11.6 Å². The summed E-state index contributed by atoms with van der Waals surface area (Å²) in [5.41, 5.74) is 7.38. The highest BCUT2D eigenvalue weighted by Gasteiger charge is 2.25. The normalized spacial score (nSPS) is 18.5. The molecule has 1 aliphatic heterocycles. The predicted octanol–water partition coefficient (Wildman–Crippen LogP) is 3.68. The van der Waals surface area contributed by atoms with Crippen LogP contribution in [0.1, 0.15) is 48.5 Å². The van der Waals surface area contributed by atoms with E-state index in [9.17, 15) is 9.90 Å². The van der Waals surface area contributed by atoms with Crippen molar-refractivity contribution in [3.05, 3.63) is 22.2 Å². The number of nitrogens with two attached hydrogens (primary N) is 1. The number of nitrogen functional groups attached to an aromatic ring is 1. The molecule has 0 amide bonds. The summed E-state index contributed by atoms with van der Waals surface area (Å²) in [5, 5.41) is 9.67. The monoisotopic (exact) mass is 354 g/mol. The molecule has 0 bridgehead atoms. The van der Waals surface area contributed by atoms with Crippen LogP contribution in [0, 0.1) is 5.92 Å². The van der Waals surface area contributed by atoms with Gasteiger partial charge in [0.05, 0.1) is 17.8 Å². The van der Waals surface area contributed by atoms with Crippen LogP contribution in [0.4, 0.5) is 5.69 Å². The van der Waals surface area contributed by atoms with Crippen LogP contribution in [0.25, 0.3) is 0 Å². The number of carboxylic acid groups (broad SMARTS) is 1. The van der Waals surface area contributed by atoms with Crippen molar-refractivity contribution in [2.75, 3.05) is 32.5 Å². The molecule has 1 aromatic carbocycles. The van der Waals surface area contributed by atoms with E-state index in [1.165, 1.54) is 26.0 Å². The molecule has 1 fully saturated rings. The molecular weight excluding hydrogens is 328 g/mol. The van der Waals surface area contributed by atoms with Gasteiger partial charge in [-0.05, 0) is 50.8 Å². The molecule has 0 saturated carbocycles. The maximum absolute atomic E-state index is 11.5. The molecule has 1 aromatic rings. The highest BCUT2D eigenvalue weighted by atomic mass is 35.5. The molecule has 1 aliphatic rings. The highest BCUT2D eigenvalue weighted by molar-refractivity contribution is 6.33. The van der Waals surface area contributed by atoms with Gasteiger partial charge in [0.1, 0.15) is 11.3 Å². The Labute approximate surface area is 148 Å². The van der Waals surface area contributed by atoms with Gasteiger partial charge in [0.15, 0.2) is 0 Å². The fraction of sp³-hybridized carbons (Fsp3) is 0.611. The number of carbonyl (C=O) groups is 1. The fourth-order valence-electron chi connectivity index (χ4n) is 3.49. The SMILES string of the molecule is CCCCN1CCCC(Cc2c(N)c(Cl)cc(C(=O)O)c2OC)C1. The average Bonchev–Trinajstić information content (AvgIpc) is 2.57. The molecule has 134 valence electrons. The molecule has 5 nitrogen and oxygen atoms in total. The quantitative estimate of drug-likeness (QED) is 0.730. The predicted molar refractivity (Wildman–Crippen MR) is 97.2 cm³/mol. The van der Waals surface area contributed by atoms with Crippen molar-refractivity contribution in [3.8, 4) is 5.75 Å². The van der Waals surface area contributed by atoms with Gasteiger partial charge in [0.25, 0.3) is 0 Å². The summed E-state index contributed by atoms with van der Waals surface area (Å²) in [5.74, 6) is -0.273. The Kier molecular flexibility index (Phi) is 6.75. The van der Waals surface area contributed by atoms with Crippen molar-refractivity contribution < 1.29 is 14.6 Å². The number of hydrogen-bond donors (Lipinski definition) is 2. The highest BCUT2D eigenvalue weighted by Crippen LogP contribution is 2.37. The molecule has 0 radical (unpaired) electrons. The lowest BCUT2D eigenvalue weighted by Gasteiger charge is -2.33. The summed E-state index contributed by atoms with van der Waals surface area (Å²) in [6.07, 6.45) is 5.36. The van der Waals surface area contributed by atoms with Crippen molar-refractivity contribution in [1.29, 1.82) is 0 Å². The number of ether oxygens (including phenoxy) is 1. The first-order valence-electron chi connectivity index (χ1n) is 8.58. The zero-order valence-corrected chi connectivity index (χ0v) is 15.2. The lowest BCUT2D eigenvalue weighted by Crippen LogP contribution is -2.37. The lowest BCUT2D eigenvalue weighted by atomic mass is 9.89. The van der Waals surface area contributed by atoms with Gasteiger partial charge in [-0.2, -0.15) is 0 Å². The van der Waals surface area contributed by atoms with Crippen LogP contribution in [0.15, 0.2) is 6.07 Å². The van der Waals surface area contributed by atoms with Crippen LogP contribution in [0.2, 0.25) is 5.02 Å². The molecule has 1 heterocycles. The topological polar surface area (TPSA) is 75.8 Å². The number of halogens is 1. The van der Waals surface area contributed by atoms with Gasteiger partial charge in [0.2, 0.25) is 0 Å². The second kappa shape index (κ2) is 8.58. The summed E-state index contributed by atoms with van der Waals surface area (Å²) in [6.45, 7) is 5.47. The van der Waals surface area contributed by atoms with Crippen molar-refractivity contribution in [3.63, 3.8) is 0 Å². The Balaban J connectivity index is 2.23. The minimum absolute atomic E-state index is 0.0744. The van der Waals surface area contributed by atoms with Crippen LogP contribution in [-0.4, -0.2) is 42.7 Å². The maximum atomic E-state index is 11.5. The van der Waals surface area contributed by atoms with Crippen molar-refractivity contribution in [2.24, 2.45) is 5.92 Å². The standard InChI is InChI=1S/C18H27ClN2O3/c1-3-4-7-21-8-5-6-12(11-21)9-13-16(20)15(19)10-14(18(22)23)17(13)24-2/h10,12H,3-9,11,20H2,1-2H3,(H,22,23). The Hall–Kier alpha value is -1.46. The van der Waals surface area contributed by atoms with Gasteiger partial charge in [-0.1, -0.05) is 24.9 Å². The van der Waals surface area contributed by atoms with Crippen LogP contribution in [0.5, 0.6) is 5.75 Å². The van der Waals surface area contributed by atoms with Gasteiger partial charge in [-0.25, -0.2) is 4.79 Å². The summed E-state index contributed by atoms with van der Waals surface area (Å²) in [6, 6.07) is 1.37. The van der Waals surface area contributed by atoms with E-state index >= 15 is 0 Å². The lowest BCUT2D eigenvalue weighted by molar-refractivity contribution is 0.0693. The average molecular weight is 355 g/mol. The van der Waals surface area contributed by atoms with Crippen LogP contribution in [-0.2, 0) is 6.42 Å². The van der Waals surface area contributed by atoms with E-state index < -0.39 is 5.97 Å². The number of likely N-dealkylation sites (tertiary alicyclic amines) is 1. The number of piperidine rings is 1. The number of benzene rings is 1. The van der Waals surface area contributed by atoms with Gasteiger partial charge in [-0.3, -0.25) is 0 Å².